The minimum absolute atomic E-state index is 0.117. The summed E-state index contributed by atoms with van der Waals surface area (Å²) in [4.78, 5) is 14.3. The van der Waals surface area contributed by atoms with Crippen molar-refractivity contribution < 1.29 is 9.90 Å². The van der Waals surface area contributed by atoms with Crippen LogP contribution in [0.1, 0.15) is 30.8 Å². The van der Waals surface area contributed by atoms with Gasteiger partial charge in [-0.1, -0.05) is 23.2 Å². The molecular formula is C10H14Cl2N2O2. The lowest BCUT2D eigenvalue weighted by atomic mass is 10.1. The summed E-state index contributed by atoms with van der Waals surface area (Å²) in [6.07, 6.45) is 0.0413. The second-order valence-corrected chi connectivity index (χ2v) is 4.59. The number of amides is 1. The Labute approximate surface area is 104 Å². The summed E-state index contributed by atoms with van der Waals surface area (Å²) < 4.78 is 0. The molecule has 0 aromatic carbocycles. The van der Waals surface area contributed by atoms with E-state index in [1.807, 2.05) is 6.92 Å². The first-order valence-corrected chi connectivity index (χ1v) is 5.68. The summed E-state index contributed by atoms with van der Waals surface area (Å²) in [5.41, 5.74) is 0.312. The predicted molar refractivity (Wildman–Crippen MR) is 64.0 cm³/mol. The lowest BCUT2D eigenvalue weighted by Crippen LogP contribution is -2.34. The Balaban J connectivity index is 2.58. The molecule has 90 valence electrons. The maximum atomic E-state index is 11.7. The molecule has 16 heavy (non-hydrogen) atoms. The number of nitrogens with one attached hydrogen (secondary N) is 2. The minimum Gasteiger partial charge on any atom is -0.393 e. The fourth-order valence-electron chi connectivity index (χ4n) is 1.40. The summed E-state index contributed by atoms with van der Waals surface area (Å²) in [5.74, 6) is -0.290. The number of aromatic amines is 1. The van der Waals surface area contributed by atoms with Gasteiger partial charge in [0.15, 0.2) is 0 Å². The number of H-pyrrole nitrogens is 1. The van der Waals surface area contributed by atoms with Crippen molar-refractivity contribution in [3.63, 3.8) is 0 Å². The molecule has 6 heteroatoms. The fourth-order valence-corrected chi connectivity index (χ4v) is 1.71. The Kier molecular flexibility index (Phi) is 4.65. The molecule has 1 aromatic heterocycles. The molecule has 0 saturated carbocycles. The minimum atomic E-state index is -0.453. The van der Waals surface area contributed by atoms with E-state index in [1.54, 1.807) is 6.92 Å². The molecule has 0 fully saturated rings. The van der Waals surface area contributed by atoms with Crippen molar-refractivity contribution in [1.82, 2.24) is 10.3 Å². The Morgan fingerprint density at radius 3 is 2.62 bits per heavy atom. The number of aromatic nitrogens is 1. The lowest BCUT2D eigenvalue weighted by molar-refractivity contribution is 0.0918. The fraction of sp³-hybridized carbons (Fsp3) is 0.500. The number of carbonyl (C=O) groups excluding carboxylic acids is 1. The van der Waals surface area contributed by atoms with Gasteiger partial charge in [0.25, 0.3) is 5.91 Å². The van der Waals surface area contributed by atoms with Crippen LogP contribution in [-0.4, -0.2) is 28.1 Å². The van der Waals surface area contributed by atoms with E-state index in [2.05, 4.69) is 10.3 Å². The Morgan fingerprint density at radius 1 is 1.56 bits per heavy atom. The van der Waals surface area contributed by atoms with Gasteiger partial charge in [-0.3, -0.25) is 4.79 Å². The van der Waals surface area contributed by atoms with Crippen molar-refractivity contribution in [2.45, 2.75) is 32.4 Å². The molecule has 0 aliphatic heterocycles. The second-order valence-electron chi connectivity index (χ2n) is 3.80. The largest absolute Gasteiger partial charge is 0.393 e. The molecule has 2 unspecified atom stereocenters. The number of hydrogen-bond donors (Lipinski definition) is 3. The van der Waals surface area contributed by atoms with E-state index in [9.17, 15) is 4.79 Å². The van der Waals surface area contributed by atoms with Gasteiger partial charge in [-0.15, -0.1) is 0 Å². The molecular weight excluding hydrogens is 251 g/mol. The Morgan fingerprint density at radius 2 is 2.19 bits per heavy atom. The lowest BCUT2D eigenvalue weighted by Gasteiger charge is -2.14. The van der Waals surface area contributed by atoms with Crippen LogP contribution < -0.4 is 5.32 Å². The molecule has 0 aliphatic rings. The van der Waals surface area contributed by atoms with Crippen molar-refractivity contribution in [3.05, 3.63) is 21.9 Å². The third-order valence-corrected chi connectivity index (χ3v) is 2.73. The predicted octanol–water partition coefficient (Wildman–Crippen LogP) is 2.21. The number of halogens is 2. The van der Waals surface area contributed by atoms with Crippen molar-refractivity contribution in [2.75, 3.05) is 0 Å². The SMILES string of the molecule is CC(O)CC(C)NC(=O)c1cc(Cl)c(Cl)[nH]1. The van der Waals surface area contributed by atoms with Crippen LogP contribution in [0.2, 0.25) is 10.2 Å². The standard InChI is InChI=1S/C10H14Cl2N2O2/c1-5(3-6(2)15)13-10(16)8-4-7(11)9(12)14-8/h4-6,14-15H,3H2,1-2H3,(H,13,16). The molecule has 0 aliphatic carbocycles. The highest BCUT2D eigenvalue weighted by Gasteiger charge is 2.14. The van der Waals surface area contributed by atoms with Gasteiger partial charge >= 0.3 is 0 Å². The average molecular weight is 265 g/mol. The van der Waals surface area contributed by atoms with E-state index < -0.39 is 6.10 Å². The number of hydrogen-bond acceptors (Lipinski definition) is 2. The summed E-state index contributed by atoms with van der Waals surface area (Å²) >= 11 is 11.4. The highest BCUT2D eigenvalue weighted by atomic mass is 35.5. The maximum Gasteiger partial charge on any atom is 0.267 e. The van der Waals surface area contributed by atoms with Gasteiger partial charge in [-0.2, -0.15) is 0 Å². The molecule has 0 saturated heterocycles. The van der Waals surface area contributed by atoms with Gasteiger partial charge in [-0.05, 0) is 26.3 Å². The van der Waals surface area contributed by atoms with Crippen LogP contribution in [0.4, 0.5) is 0 Å². The van der Waals surface area contributed by atoms with Crippen molar-refractivity contribution in [1.29, 1.82) is 0 Å². The molecule has 2 atom stereocenters. The van der Waals surface area contributed by atoms with E-state index in [0.29, 0.717) is 17.1 Å². The normalized spacial score (nSPS) is 14.6. The van der Waals surface area contributed by atoms with Crippen LogP contribution in [0.15, 0.2) is 6.07 Å². The molecule has 0 bridgehead atoms. The van der Waals surface area contributed by atoms with E-state index in [1.165, 1.54) is 6.07 Å². The summed E-state index contributed by atoms with van der Waals surface area (Å²) in [7, 11) is 0. The first-order chi connectivity index (χ1) is 7.40. The van der Waals surface area contributed by atoms with Crippen LogP contribution in [0.5, 0.6) is 0 Å². The molecule has 1 heterocycles. The van der Waals surface area contributed by atoms with Gasteiger partial charge in [0.2, 0.25) is 0 Å². The van der Waals surface area contributed by atoms with Crippen molar-refractivity contribution in [3.8, 4) is 0 Å². The molecule has 3 N–H and O–H groups in total. The van der Waals surface area contributed by atoms with E-state index in [-0.39, 0.29) is 17.1 Å². The summed E-state index contributed by atoms with van der Waals surface area (Å²) in [6.45, 7) is 3.49. The van der Waals surface area contributed by atoms with Crippen LogP contribution in [0.3, 0.4) is 0 Å². The number of aliphatic hydroxyl groups excluding tert-OH is 1. The second kappa shape index (κ2) is 5.57. The highest BCUT2D eigenvalue weighted by molar-refractivity contribution is 6.41. The molecule has 0 radical (unpaired) electrons. The summed E-state index contributed by atoms with van der Waals surface area (Å²) in [5, 5.41) is 12.4. The van der Waals surface area contributed by atoms with Crippen molar-refractivity contribution >= 4 is 29.1 Å². The monoisotopic (exact) mass is 264 g/mol. The maximum absolute atomic E-state index is 11.7. The van der Waals surface area contributed by atoms with Crippen LogP contribution >= 0.6 is 23.2 Å². The molecule has 1 amide bonds. The number of aliphatic hydroxyl groups is 1. The topological polar surface area (TPSA) is 65.1 Å². The zero-order chi connectivity index (χ0) is 12.3. The first-order valence-electron chi connectivity index (χ1n) is 4.93. The van der Waals surface area contributed by atoms with Crippen LogP contribution in [0, 0.1) is 0 Å². The van der Waals surface area contributed by atoms with Gasteiger partial charge in [-0.25, -0.2) is 0 Å². The average Bonchev–Trinajstić information content (AvgIpc) is 2.45. The quantitative estimate of drug-likeness (QED) is 0.781. The smallest absolute Gasteiger partial charge is 0.267 e. The van der Waals surface area contributed by atoms with Crippen molar-refractivity contribution in [2.24, 2.45) is 0 Å². The Hall–Kier alpha value is -0.710. The third kappa shape index (κ3) is 3.70. The molecule has 1 aromatic rings. The number of rotatable bonds is 4. The highest BCUT2D eigenvalue weighted by Crippen LogP contribution is 2.21. The van der Waals surface area contributed by atoms with Crippen LogP contribution in [-0.2, 0) is 0 Å². The summed E-state index contributed by atoms with van der Waals surface area (Å²) in [6, 6.07) is 1.35. The van der Waals surface area contributed by atoms with E-state index >= 15 is 0 Å². The third-order valence-electron chi connectivity index (χ3n) is 2.04. The van der Waals surface area contributed by atoms with Gasteiger partial charge in [0, 0.05) is 6.04 Å². The zero-order valence-electron chi connectivity index (χ0n) is 9.05. The number of carbonyl (C=O) groups is 1. The zero-order valence-corrected chi connectivity index (χ0v) is 10.6. The first kappa shape index (κ1) is 13.4. The van der Waals surface area contributed by atoms with E-state index in [4.69, 9.17) is 28.3 Å². The van der Waals surface area contributed by atoms with Gasteiger partial charge in [0.1, 0.15) is 10.8 Å². The van der Waals surface area contributed by atoms with Gasteiger partial charge < -0.3 is 15.4 Å². The van der Waals surface area contributed by atoms with Gasteiger partial charge in [0.05, 0.1) is 11.1 Å². The molecule has 1 rings (SSSR count). The molecule has 4 nitrogen and oxygen atoms in total. The Bertz CT molecular complexity index is 357. The van der Waals surface area contributed by atoms with E-state index in [0.717, 1.165) is 0 Å². The van der Waals surface area contributed by atoms with Crippen LogP contribution in [0.25, 0.3) is 0 Å². The molecule has 0 spiro atoms.